The normalized spacial score (nSPS) is 23.4. The van der Waals surface area contributed by atoms with E-state index in [0.717, 1.165) is 25.9 Å². The highest BCUT2D eigenvalue weighted by atomic mass is 32.2. The lowest BCUT2D eigenvalue weighted by atomic mass is 9.94. The number of nitrogens with one attached hydrogen (secondary N) is 1. The van der Waals surface area contributed by atoms with Crippen molar-refractivity contribution in [3.8, 4) is 0 Å². The molecule has 1 atom stereocenters. The molecule has 8 heteroatoms. The van der Waals surface area contributed by atoms with Crippen LogP contribution in [-0.4, -0.2) is 62.3 Å². The van der Waals surface area contributed by atoms with E-state index in [9.17, 15) is 13.2 Å². The van der Waals surface area contributed by atoms with Crippen LogP contribution >= 0.6 is 11.3 Å². The number of hydrogen-bond donors (Lipinski definition) is 1. The zero-order chi connectivity index (χ0) is 19.3. The van der Waals surface area contributed by atoms with E-state index in [1.54, 1.807) is 21.8 Å². The summed E-state index contributed by atoms with van der Waals surface area (Å²) in [6.07, 6.45) is 5.82. The van der Waals surface area contributed by atoms with Crippen LogP contribution in [0.1, 0.15) is 45.4 Å². The highest BCUT2D eigenvalue weighted by Crippen LogP contribution is 2.27. The molecule has 1 N–H and O–H groups in total. The predicted octanol–water partition coefficient (Wildman–Crippen LogP) is 2.53. The largest absolute Gasteiger partial charge is 0.355 e. The van der Waals surface area contributed by atoms with Gasteiger partial charge in [0.25, 0.3) is 10.0 Å². The van der Waals surface area contributed by atoms with Gasteiger partial charge in [-0.2, -0.15) is 4.31 Å². The molecule has 0 aliphatic carbocycles. The van der Waals surface area contributed by atoms with Gasteiger partial charge in [-0.05, 0) is 56.5 Å². The van der Waals surface area contributed by atoms with E-state index in [-0.39, 0.29) is 11.8 Å². The van der Waals surface area contributed by atoms with Crippen LogP contribution in [-0.2, 0) is 14.8 Å². The van der Waals surface area contributed by atoms with Crippen LogP contribution in [0.25, 0.3) is 0 Å². The Labute approximate surface area is 167 Å². The van der Waals surface area contributed by atoms with Gasteiger partial charge in [-0.15, -0.1) is 11.3 Å². The second-order valence-corrected chi connectivity index (χ2v) is 10.8. The van der Waals surface area contributed by atoms with Crippen molar-refractivity contribution in [1.29, 1.82) is 0 Å². The van der Waals surface area contributed by atoms with Crippen molar-refractivity contribution < 1.29 is 13.2 Å². The summed E-state index contributed by atoms with van der Waals surface area (Å²) in [6.45, 7) is 6.03. The first-order chi connectivity index (χ1) is 13.0. The van der Waals surface area contributed by atoms with Crippen LogP contribution in [0.2, 0.25) is 0 Å². The summed E-state index contributed by atoms with van der Waals surface area (Å²) in [5, 5.41) is 4.84. The Hall–Kier alpha value is -0.960. The molecule has 0 radical (unpaired) electrons. The molecule has 1 aromatic rings. The Balaban J connectivity index is 1.37. The quantitative estimate of drug-likeness (QED) is 0.746. The smallest absolute Gasteiger partial charge is 0.252 e. The zero-order valence-electron chi connectivity index (χ0n) is 16.1. The SMILES string of the molecule is C[C@H]1CCCCN1CCNC(=O)CC1CCN(S(=O)(=O)c2cccs2)CC1. The molecule has 0 bridgehead atoms. The summed E-state index contributed by atoms with van der Waals surface area (Å²) in [4.78, 5) is 14.7. The fraction of sp³-hybridized carbons (Fsp3) is 0.737. The van der Waals surface area contributed by atoms with E-state index in [1.807, 2.05) is 0 Å². The van der Waals surface area contributed by atoms with Crippen molar-refractivity contribution in [3.05, 3.63) is 17.5 Å². The molecule has 2 fully saturated rings. The lowest BCUT2D eigenvalue weighted by Crippen LogP contribution is -2.43. The minimum absolute atomic E-state index is 0.0965. The van der Waals surface area contributed by atoms with Gasteiger partial charge in [-0.1, -0.05) is 12.5 Å². The highest BCUT2D eigenvalue weighted by Gasteiger charge is 2.30. The Bertz CT molecular complexity index is 698. The number of piperidine rings is 2. The molecule has 6 nitrogen and oxygen atoms in total. The minimum Gasteiger partial charge on any atom is -0.355 e. The first-order valence-corrected chi connectivity index (χ1v) is 12.3. The van der Waals surface area contributed by atoms with Gasteiger partial charge >= 0.3 is 0 Å². The third-order valence-corrected chi connectivity index (χ3v) is 9.07. The van der Waals surface area contributed by atoms with Crippen LogP contribution in [0, 0.1) is 5.92 Å². The maximum Gasteiger partial charge on any atom is 0.252 e. The first-order valence-electron chi connectivity index (χ1n) is 10.0. The number of sulfonamides is 1. The summed E-state index contributed by atoms with van der Waals surface area (Å²) in [6, 6.07) is 4.03. The Kier molecular flexibility index (Phi) is 7.30. The molecule has 1 amide bonds. The molecule has 2 saturated heterocycles. The third kappa shape index (κ3) is 5.53. The molecule has 2 aliphatic rings. The number of hydrogen-bond acceptors (Lipinski definition) is 5. The van der Waals surface area contributed by atoms with Gasteiger partial charge in [0.2, 0.25) is 5.91 Å². The van der Waals surface area contributed by atoms with Gasteiger partial charge in [0, 0.05) is 38.6 Å². The minimum atomic E-state index is -3.36. The topological polar surface area (TPSA) is 69.7 Å². The van der Waals surface area contributed by atoms with Crippen molar-refractivity contribution in [2.75, 3.05) is 32.7 Å². The van der Waals surface area contributed by atoms with E-state index in [4.69, 9.17) is 0 Å². The average molecular weight is 414 g/mol. The third-order valence-electron chi connectivity index (χ3n) is 5.80. The number of thiophene rings is 1. The van der Waals surface area contributed by atoms with Crippen LogP contribution in [0.5, 0.6) is 0 Å². The van der Waals surface area contributed by atoms with Gasteiger partial charge in [-0.3, -0.25) is 9.69 Å². The maximum absolute atomic E-state index is 12.5. The van der Waals surface area contributed by atoms with Crippen molar-refractivity contribution in [1.82, 2.24) is 14.5 Å². The lowest BCUT2D eigenvalue weighted by Gasteiger charge is -2.33. The fourth-order valence-corrected chi connectivity index (χ4v) is 6.67. The molecular formula is C19H31N3O3S2. The van der Waals surface area contributed by atoms with E-state index >= 15 is 0 Å². The molecule has 0 unspecified atom stereocenters. The average Bonchev–Trinajstić information content (AvgIpc) is 3.19. The van der Waals surface area contributed by atoms with Crippen molar-refractivity contribution >= 4 is 27.3 Å². The number of nitrogens with zero attached hydrogens (tertiary/aromatic N) is 2. The lowest BCUT2D eigenvalue weighted by molar-refractivity contribution is -0.122. The van der Waals surface area contributed by atoms with Crippen LogP contribution in [0.4, 0.5) is 0 Å². The van der Waals surface area contributed by atoms with E-state index in [0.29, 0.717) is 36.3 Å². The summed E-state index contributed by atoms with van der Waals surface area (Å²) in [5.74, 6) is 0.368. The molecule has 3 heterocycles. The number of carbonyl (C=O) groups is 1. The Morgan fingerprint density at radius 1 is 1.22 bits per heavy atom. The van der Waals surface area contributed by atoms with E-state index < -0.39 is 10.0 Å². The molecule has 27 heavy (non-hydrogen) atoms. The van der Waals surface area contributed by atoms with Crippen molar-refractivity contribution in [2.24, 2.45) is 5.92 Å². The van der Waals surface area contributed by atoms with Crippen molar-refractivity contribution in [3.63, 3.8) is 0 Å². The fourth-order valence-electron chi connectivity index (χ4n) is 4.05. The molecule has 0 saturated carbocycles. The van der Waals surface area contributed by atoms with Gasteiger partial charge in [0.1, 0.15) is 4.21 Å². The second kappa shape index (κ2) is 9.49. The number of carbonyl (C=O) groups excluding carboxylic acids is 1. The number of amides is 1. The number of likely N-dealkylation sites (tertiary alicyclic amines) is 1. The van der Waals surface area contributed by atoms with Crippen LogP contribution in [0.15, 0.2) is 21.7 Å². The van der Waals surface area contributed by atoms with Crippen molar-refractivity contribution in [2.45, 2.75) is 55.7 Å². The first kappa shape index (κ1) is 20.8. The molecule has 152 valence electrons. The highest BCUT2D eigenvalue weighted by molar-refractivity contribution is 7.91. The molecule has 0 spiro atoms. The van der Waals surface area contributed by atoms with Gasteiger partial charge in [0.05, 0.1) is 0 Å². The van der Waals surface area contributed by atoms with Crippen LogP contribution in [0.3, 0.4) is 0 Å². The van der Waals surface area contributed by atoms with Gasteiger partial charge in [0.15, 0.2) is 0 Å². The molecule has 0 aromatic carbocycles. The zero-order valence-corrected chi connectivity index (χ0v) is 17.7. The molecule has 3 rings (SSSR count). The summed E-state index contributed by atoms with van der Waals surface area (Å²) < 4.78 is 27.1. The predicted molar refractivity (Wildman–Crippen MR) is 108 cm³/mol. The molecular weight excluding hydrogens is 382 g/mol. The van der Waals surface area contributed by atoms with Crippen LogP contribution < -0.4 is 5.32 Å². The second-order valence-electron chi connectivity index (χ2n) is 7.71. The summed E-state index contributed by atoms with van der Waals surface area (Å²) >= 11 is 1.26. The molecule has 1 aromatic heterocycles. The standard InChI is InChI=1S/C19H31N3O3S2/c1-16-5-2-3-10-21(16)13-9-20-18(23)15-17-7-11-22(12-8-17)27(24,25)19-6-4-14-26-19/h4,6,14,16-17H,2-3,5,7-13,15H2,1H3,(H,20,23)/t16-/m0/s1. The van der Waals surface area contributed by atoms with E-state index in [1.165, 1.54) is 30.6 Å². The Morgan fingerprint density at radius 3 is 2.67 bits per heavy atom. The summed E-state index contributed by atoms with van der Waals surface area (Å²) in [7, 11) is -3.36. The van der Waals surface area contributed by atoms with E-state index in [2.05, 4.69) is 17.1 Å². The maximum atomic E-state index is 12.5. The van der Waals surface area contributed by atoms with Gasteiger partial charge < -0.3 is 5.32 Å². The number of rotatable bonds is 7. The monoisotopic (exact) mass is 413 g/mol. The van der Waals surface area contributed by atoms with Gasteiger partial charge in [-0.25, -0.2) is 8.42 Å². The molecule has 2 aliphatic heterocycles. The Morgan fingerprint density at radius 2 is 2.00 bits per heavy atom. The summed E-state index contributed by atoms with van der Waals surface area (Å²) in [5.41, 5.74) is 0.